The zero-order valence-electron chi connectivity index (χ0n) is 13.2. The number of carbonyl (C=O) groups excluding carboxylic acids is 1. The van der Waals surface area contributed by atoms with Crippen LogP contribution in [0.2, 0.25) is 10.0 Å². The van der Waals surface area contributed by atoms with Gasteiger partial charge < -0.3 is 0 Å². The molecule has 126 valence electrons. The first-order chi connectivity index (χ1) is 11.4. The van der Waals surface area contributed by atoms with Gasteiger partial charge in [0, 0.05) is 35.3 Å². The summed E-state index contributed by atoms with van der Waals surface area (Å²) < 4.78 is 0. The summed E-state index contributed by atoms with van der Waals surface area (Å²) in [4.78, 5) is 23.9. The Bertz CT molecular complexity index is 749. The Balaban J connectivity index is 2.23. The first-order valence-electron chi connectivity index (χ1n) is 7.59. The van der Waals surface area contributed by atoms with E-state index in [9.17, 15) is 14.9 Å². The molecule has 24 heavy (non-hydrogen) atoms. The molecule has 0 fully saturated rings. The van der Waals surface area contributed by atoms with Crippen LogP contribution in [0.3, 0.4) is 0 Å². The van der Waals surface area contributed by atoms with Crippen molar-refractivity contribution in [1.29, 1.82) is 0 Å². The Hall–Kier alpha value is -1.91. The van der Waals surface area contributed by atoms with Gasteiger partial charge in [0.25, 0.3) is 0 Å². The van der Waals surface area contributed by atoms with Crippen LogP contribution >= 0.6 is 23.2 Å². The SMILES string of the molecule is CCC(CCC(=O)c1ccc(Cl)c(Cl)c1)(c1ccccc1)[N+](=O)[O-]. The molecule has 0 heterocycles. The van der Waals surface area contributed by atoms with Crippen LogP contribution < -0.4 is 0 Å². The van der Waals surface area contributed by atoms with Crippen molar-refractivity contribution in [2.24, 2.45) is 0 Å². The first kappa shape index (κ1) is 18.4. The summed E-state index contributed by atoms with van der Waals surface area (Å²) in [5, 5.41) is 12.4. The number of rotatable bonds is 7. The molecule has 0 N–H and O–H groups in total. The minimum atomic E-state index is -1.27. The van der Waals surface area contributed by atoms with Gasteiger partial charge in [-0.15, -0.1) is 0 Å². The van der Waals surface area contributed by atoms with Crippen molar-refractivity contribution in [1.82, 2.24) is 0 Å². The molecule has 1 atom stereocenters. The molecule has 0 spiro atoms. The molecule has 0 saturated heterocycles. The zero-order chi connectivity index (χ0) is 17.7. The van der Waals surface area contributed by atoms with E-state index in [0.29, 0.717) is 27.6 Å². The lowest BCUT2D eigenvalue weighted by atomic mass is 9.82. The lowest BCUT2D eigenvalue weighted by Gasteiger charge is -2.24. The average molecular weight is 366 g/mol. The van der Waals surface area contributed by atoms with Gasteiger partial charge in [0.15, 0.2) is 5.78 Å². The molecule has 2 rings (SSSR count). The van der Waals surface area contributed by atoms with E-state index in [1.54, 1.807) is 43.3 Å². The predicted octanol–water partition coefficient (Wildman–Crippen LogP) is 5.54. The maximum absolute atomic E-state index is 12.4. The molecule has 0 bridgehead atoms. The third kappa shape index (κ3) is 3.77. The number of benzene rings is 2. The van der Waals surface area contributed by atoms with Crippen LogP contribution in [0, 0.1) is 10.1 Å². The molecule has 0 amide bonds. The van der Waals surface area contributed by atoms with Gasteiger partial charge in [0.1, 0.15) is 0 Å². The molecule has 0 aliphatic heterocycles. The van der Waals surface area contributed by atoms with Gasteiger partial charge >= 0.3 is 0 Å². The molecular formula is C18H17Cl2NO3. The Morgan fingerprint density at radius 2 is 1.79 bits per heavy atom. The number of carbonyl (C=O) groups is 1. The molecule has 0 radical (unpaired) electrons. The Morgan fingerprint density at radius 3 is 2.33 bits per heavy atom. The fourth-order valence-electron chi connectivity index (χ4n) is 2.73. The van der Waals surface area contributed by atoms with Crippen LogP contribution in [0.1, 0.15) is 42.1 Å². The van der Waals surface area contributed by atoms with E-state index in [1.165, 1.54) is 6.07 Å². The van der Waals surface area contributed by atoms with Crippen LogP contribution in [0.15, 0.2) is 48.5 Å². The molecule has 0 aromatic heterocycles. The highest BCUT2D eigenvalue weighted by Gasteiger charge is 2.42. The van der Waals surface area contributed by atoms with Crippen molar-refractivity contribution in [2.75, 3.05) is 0 Å². The van der Waals surface area contributed by atoms with Gasteiger partial charge in [-0.3, -0.25) is 14.9 Å². The summed E-state index contributed by atoms with van der Waals surface area (Å²) >= 11 is 11.8. The fraction of sp³-hybridized carbons (Fsp3) is 0.278. The van der Waals surface area contributed by atoms with E-state index >= 15 is 0 Å². The van der Waals surface area contributed by atoms with Crippen molar-refractivity contribution in [3.05, 3.63) is 79.8 Å². The molecule has 6 heteroatoms. The molecule has 1 unspecified atom stereocenters. The first-order valence-corrected chi connectivity index (χ1v) is 8.34. The van der Waals surface area contributed by atoms with Crippen LogP contribution in [-0.2, 0) is 5.54 Å². The summed E-state index contributed by atoms with van der Waals surface area (Å²) in [7, 11) is 0. The summed E-state index contributed by atoms with van der Waals surface area (Å²) in [6.45, 7) is 1.76. The largest absolute Gasteiger partial charge is 0.294 e. The van der Waals surface area contributed by atoms with E-state index in [-0.39, 0.29) is 23.5 Å². The summed E-state index contributed by atoms with van der Waals surface area (Å²) in [6.07, 6.45) is 0.486. The van der Waals surface area contributed by atoms with Gasteiger partial charge in [0.05, 0.1) is 10.0 Å². The van der Waals surface area contributed by atoms with Crippen LogP contribution in [0.4, 0.5) is 0 Å². The Labute approximate surface area is 150 Å². The van der Waals surface area contributed by atoms with Crippen LogP contribution in [0.5, 0.6) is 0 Å². The number of nitro groups is 1. The van der Waals surface area contributed by atoms with Gasteiger partial charge in [-0.2, -0.15) is 0 Å². The van der Waals surface area contributed by atoms with Gasteiger partial charge in [-0.05, 0) is 18.2 Å². The van der Waals surface area contributed by atoms with Gasteiger partial charge in [0.2, 0.25) is 5.54 Å². The summed E-state index contributed by atoms with van der Waals surface area (Å²) in [5.41, 5.74) is -0.252. The van der Waals surface area contributed by atoms with Gasteiger partial charge in [-0.25, -0.2) is 0 Å². The van der Waals surface area contributed by atoms with Crippen LogP contribution in [0.25, 0.3) is 0 Å². The highest BCUT2D eigenvalue weighted by Crippen LogP contribution is 2.34. The minimum Gasteiger partial charge on any atom is -0.294 e. The van der Waals surface area contributed by atoms with E-state index in [4.69, 9.17) is 23.2 Å². The average Bonchev–Trinajstić information content (AvgIpc) is 2.58. The zero-order valence-corrected chi connectivity index (χ0v) is 14.7. The Kier molecular flexibility index (Phi) is 5.97. The fourth-order valence-corrected chi connectivity index (χ4v) is 3.03. The number of ketones is 1. The highest BCUT2D eigenvalue weighted by molar-refractivity contribution is 6.42. The second kappa shape index (κ2) is 7.77. The van der Waals surface area contributed by atoms with E-state index in [2.05, 4.69) is 0 Å². The highest BCUT2D eigenvalue weighted by atomic mass is 35.5. The third-order valence-electron chi connectivity index (χ3n) is 4.25. The van der Waals surface area contributed by atoms with Gasteiger partial charge in [-0.1, -0.05) is 60.5 Å². The molecule has 2 aromatic carbocycles. The minimum absolute atomic E-state index is 0.0572. The maximum atomic E-state index is 12.4. The van der Waals surface area contributed by atoms with Crippen molar-refractivity contribution in [3.63, 3.8) is 0 Å². The molecule has 2 aromatic rings. The lowest BCUT2D eigenvalue weighted by Crippen LogP contribution is -2.35. The second-order valence-electron chi connectivity index (χ2n) is 5.56. The molecule has 4 nitrogen and oxygen atoms in total. The summed E-state index contributed by atoms with van der Waals surface area (Å²) in [6, 6.07) is 13.4. The van der Waals surface area contributed by atoms with Crippen molar-refractivity contribution >= 4 is 29.0 Å². The van der Waals surface area contributed by atoms with E-state index in [1.807, 2.05) is 6.07 Å². The lowest BCUT2D eigenvalue weighted by molar-refractivity contribution is -0.581. The van der Waals surface area contributed by atoms with Crippen molar-refractivity contribution in [3.8, 4) is 0 Å². The van der Waals surface area contributed by atoms with E-state index < -0.39 is 5.54 Å². The van der Waals surface area contributed by atoms with Crippen molar-refractivity contribution < 1.29 is 9.72 Å². The summed E-state index contributed by atoms with van der Waals surface area (Å²) in [5.74, 6) is -0.191. The molecule has 0 aliphatic rings. The van der Waals surface area contributed by atoms with E-state index in [0.717, 1.165) is 0 Å². The molecule has 0 saturated carbocycles. The number of hydrogen-bond acceptors (Lipinski definition) is 3. The quantitative estimate of drug-likeness (QED) is 0.367. The number of Topliss-reactive ketones (excluding diaryl/α,β-unsaturated/α-hetero) is 1. The number of hydrogen-bond donors (Lipinski definition) is 0. The maximum Gasteiger partial charge on any atom is 0.247 e. The third-order valence-corrected chi connectivity index (χ3v) is 4.99. The van der Waals surface area contributed by atoms with Crippen LogP contribution in [-0.4, -0.2) is 10.7 Å². The Morgan fingerprint density at radius 1 is 1.12 bits per heavy atom. The standard InChI is InChI=1S/C18H17Cl2NO3/c1-2-18(21(23)24,14-6-4-3-5-7-14)11-10-17(22)13-8-9-15(19)16(20)12-13/h3-9,12H,2,10-11H2,1H3. The predicted molar refractivity (Wildman–Crippen MR) is 95.4 cm³/mol. The molecule has 0 aliphatic carbocycles. The monoisotopic (exact) mass is 365 g/mol. The number of halogens is 2. The normalized spacial score (nSPS) is 13.3. The topological polar surface area (TPSA) is 60.2 Å². The second-order valence-corrected chi connectivity index (χ2v) is 6.37. The number of nitrogens with zero attached hydrogens (tertiary/aromatic N) is 1. The molecular weight excluding hydrogens is 349 g/mol. The smallest absolute Gasteiger partial charge is 0.247 e. The van der Waals surface area contributed by atoms with Crippen molar-refractivity contribution in [2.45, 2.75) is 31.7 Å².